The van der Waals surface area contributed by atoms with E-state index in [1.807, 2.05) is 0 Å². The number of halogens is 3. The van der Waals surface area contributed by atoms with Crippen LogP contribution in [-0.2, 0) is 0 Å². The maximum Gasteiger partial charge on any atom is 0.389 e. The predicted octanol–water partition coefficient (Wildman–Crippen LogP) is 3.95. The van der Waals surface area contributed by atoms with Crippen molar-refractivity contribution in [3.63, 3.8) is 0 Å². The summed E-state index contributed by atoms with van der Waals surface area (Å²) >= 11 is 0. The van der Waals surface area contributed by atoms with Crippen LogP contribution in [0.4, 0.5) is 13.2 Å². The van der Waals surface area contributed by atoms with E-state index in [1.165, 1.54) is 0 Å². The zero-order valence-electron chi connectivity index (χ0n) is 12.7. The summed E-state index contributed by atoms with van der Waals surface area (Å²) in [5.41, 5.74) is 6.07. The van der Waals surface area contributed by atoms with Gasteiger partial charge in [-0.05, 0) is 38.8 Å². The van der Waals surface area contributed by atoms with Crippen molar-refractivity contribution in [3.05, 3.63) is 0 Å². The van der Waals surface area contributed by atoms with Gasteiger partial charge in [0.1, 0.15) is 0 Å². The molecule has 0 amide bonds. The monoisotopic (exact) mass is 282 g/mol. The molecule has 0 spiro atoms. The largest absolute Gasteiger partial charge is 0.389 e. The summed E-state index contributed by atoms with van der Waals surface area (Å²) in [5.74, 6) is 0. The molecule has 0 bridgehead atoms. The summed E-state index contributed by atoms with van der Waals surface area (Å²) in [6.45, 7) is 10.1. The molecule has 116 valence electrons. The first-order valence-corrected chi connectivity index (χ1v) is 7.34. The molecule has 0 heterocycles. The minimum atomic E-state index is -4.07. The van der Waals surface area contributed by atoms with Gasteiger partial charge in [-0.1, -0.05) is 27.7 Å². The molecule has 2 nitrogen and oxygen atoms in total. The van der Waals surface area contributed by atoms with E-state index in [4.69, 9.17) is 5.73 Å². The SMILES string of the molecule is CCN(CC)C(CC)(CC)C(N)CCCC(F)(F)F. The number of hydrogen-bond acceptors (Lipinski definition) is 2. The third-order valence-corrected chi connectivity index (χ3v) is 4.28. The number of likely N-dealkylation sites (N-methyl/N-ethyl adjacent to an activating group) is 1. The topological polar surface area (TPSA) is 29.3 Å². The Hall–Kier alpha value is -0.290. The van der Waals surface area contributed by atoms with Crippen LogP contribution in [0.1, 0.15) is 59.8 Å². The van der Waals surface area contributed by atoms with E-state index >= 15 is 0 Å². The maximum absolute atomic E-state index is 12.2. The van der Waals surface area contributed by atoms with E-state index in [9.17, 15) is 13.2 Å². The average Bonchev–Trinajstić information content (AvgIpc) is 2.34. The lowest BCUT2D eigenvalue weighted by Gasteiger charge is -2.46. The number of nitrogens with two attached hydrogens (primary N) is 1. The van der Waals surface area contributed by atoms with E-state index in [-0.39, 0.29) is 18.0 Å². The molecule has 19 heavy (non-hydrogen) atoms. The van der Waals surface area contributed by atoms with Crippen molar-refractivity contribution in [1.82, 2.24) is 4.90 Å². The normalized spacial score (nSPS) is 15.0. The van der Waals surface area contributed by atoms with Crippen molar-refractivity contribution in [2.24, 2.45) is 5.73 Å². The third kappa shape index (κ3) is 5.30. The molecule has 1 atom stereocenters. The predicted molar refractivity (Wildman–Crippen MR) is 74.1 cm³/mol. The van der Waals surface area contributed by atoms with E-state index in [1.54, 1.807) is 0 Å². The van der Waals surface area contributed by atoms with Crippen LogP contribution in [0.15, 0.2) is 0 Å². The molecular formula is C14H29F3N2. The zero-order valence-corrected chi connectivity index (χ0v) is 12.7. The van der Waals surface area contributed by atoms with Crippen molar-refractivity contribution in [2.45, 2.75) is 77.6 Å². The van der Waals surface area contributed by atoms with Crippen LogP contribution in [0.25, 0.3) is 0 Å². The second-order valence-electron chi connectivity index (χ2n) is 5.10. The smallest absolute Gasteiger partial charge is 0.326 e. The Morgan fingerprint density at radius 1 is 1.00 bits per heavy atom. The van der Waals surface area contributed by atoms with Crippen LogP contribution < -0.4 is 5.73 Å². The van der Waals surface area contributed by atoms with Crippen LogP contribution in [0.3, 0.4) is 0 Å². The molecule has 0 saturated heterocycles. The van der Waals surface area contributed by atoms with Crippen molar-refractivity contribution < 1.29 is 13.2 Å². The summed E-state index contributed by atoms with van der Waals surface area (Å²) in [5, 5.41) is 0. The molecule has 5 heteroatoms. The van der Waals surface area contributed by atoms with Gasteiger partial charge in [-0.2, -0.15) is 13.2 Å². The first-order valence-electron chi connectivity index (χ1n) is 7.34. The first-order chi connectivity index (χ1) is 8.77. The Bertz CT molecular complexity index is 233. The van der Waals surface area contributed by atoms with Gasteiger partial charge in [0.15, 0.2) is 0 Å². The highest BCUT2D eigenvalue weighted by molar-refractivity contribution is 4.96. The molecule has 0 radical (unpaired) electrons. The minimum Gasteiger partial charge on any atom is -0.326 e. The van der Waals surface area contributed by atoms with Crippen LogP contribution in [0.5, 0.6) is 0 Å². The highest BCUT2D eigenvalue weighted by Crippen LogP contribution is 2.31. The number of hydrogen-bond donors (Lipinski definition) is 1. The molecule has 0 aliphatic carbocycles. The third-order valence-electron chi connectivity index (χ3n) is 4.28. The molecule has 0 aliphatic heterocycles. The van der Waals surface area contributed by atoms with E-state index in [0.717, 1.165) is 25.9 Å². The summed E-state index contributed by atoms with van der Waals surface area (Å²) in [4.78, 5) is 2.30. The van der Waals surface area contributed by atoms with Gasteiger partial charge in [0.25, 0.3) is 0 Å². The van der Waals surface area contributed by atoms with Crippen LogP contribution >= 0.6 is 0 Å². The van der Waals surface area contributed by atoms with Gasteiger partial charge in [-0.3, -0.25) is 4.90 Å². The molecule has 0 aromatic carbocycles. The summed E-state index contributed by atoms with van der Waals surface area (Å²) in [6, 6.07) is -0.204. The van der Waals surface area contributed by atoms with E-state index in [0.29, 0.717) is 6.42 Å². The first kappa shape index (κ1) is 18.7. The van der Waals surface area contributed by atoms with Crippen LogP contribution in [0.2, 0.25) is 0 Å². The van der Waals surface area contributed by atoms with Gasteiger partial charge < -0.3 is 5.73 Å². The zero-order chi connectivity index (χ0) is 15.1. The minimum absolute atomic E-state index is 0.119. The fourth-order valence-corrected chi connectivity index (χ4v) is 3.10. The fraction of sp³-hybridized carbons (Fsp3) is 1.00. The Labute approximate surface area is 115 Å². The lowest BCUT2D eigenvalue weighted by atomic mass is 9.80. The Morgan fingerprint density at radius 2 is 1.47 bits per heavy atom. The van der Waals surface area contributed by atoms with E-state index in [2.05, 4.69) is 32.6 Å². The van der Waals surface area contributed by atoms with Crippen molar-refractivity contribution in [1.29, 1.82) is 0 Å². The Kier molecular flexibility index (Phi) is 7.98. The number of nitrogens with zero attached hydrogens (tertiary/aromatic N) is 1. The van der Waals surface area contributed by atoms with Crippen molar-refractivity contribution >= 4 is 0 Å². The molecule has 2 N–H and O–H groups in total. The number of alkyl halides is 3. The lowest BCUT2D eigenvalue weighted by Crippen LogP contribution is -2.59. The molecule has 1 unspecified atom stereocenters. The Balaban J connectivity index is 4.69. The van der Waals surface area contributed by atoms with Gasteiger partial charge in [0.2, 0.25) is 0 Å². The molecule has 0 aromatic heterocycles. The quantitative estimate of drug-likeness (QED) is 0.694. The molecule has 0 aliphatic rings. The fourth-order valence-electron chi connectivity index (χ4n) is 3.10. The molecule has 0 rings (SSSR count). The van der Waals surface area contributed by atoms with Gasteiger partial charge in [0.05, 0.1) is 0 Å². The second-order valence-corrected chi connectivity index (χ2v) is 5.10. The molecular weight excluding hydrogens is 253 g/mol. The van der Waals surface area contributed by atoms with Crippen molar-refractivity contribution in [2.75, 3.05) is 13.1 Å². The van der Waals surface area contributed by atoms with Crippen LogP contribution in [0, 0.1) is 0 Å². The summed E-state index contributed by atoms with van der Waals surface area (Å²) in [6.07, 6.45) is -2.51. The Morgan fingerprint density at radius 3 is 1.79 bits per heavy atom. The highest BCUT2D eigenvalue weighted by atomic mass is 19.4. The van der Waals surface area contributed by atoms with Crippen molar-refractivity contribution in [3.8, 4) is 0 Å². The highest BCUT2D eigenvalue weighted by Gasteiger charge is 2.38. The maximum atomic E-state index is 12.2. The van der Waals surface area contributed by atoms with E-state index < -0.39 is 12.6 Å². The van der Waals surface area contributed by atoms with Gasteiger partial charge >= 0.3 is 6.18 Å². The summed E-state index contributed by atoms with van der Waals surface area (Å²) < 4.78 is 36.6. The van der Waals surface area contributed by atoms with Gasteiger partial charge in [0, 0.05) is 18.0 Å². The van der Waals surface area contributed by atoms with Gasteiger partial charge in [-0.15, -0.1) is 0 Å². The van der Waals surface area contributed by atoms with Gasteiger partial charge in [-0.25, -0.2) is 0 Å². The molecule has 0 saturated carbocycles. The lowest BCUT2D eigenvalue weighted by molar-refractivity contribution is -0.136. The molecule has 0 fully saturated rings. The average molecular weight is 282 g/mol. The van der Waals surface area contributed by atoms with Crippen LogP contribution in [-0.4, -0.2) is 35.7 Å². The number of rotatable bonds is 9. The summed E-state index contributed by atoms with van der Waals surface area (Å²) in [7, 11) is 0. The molecule has 0 aromatic rings. The standard InChI is InChI=1S/C14H29F3N2/c1-5-13(6-2,19(7-3)8-4)12(18)10-9-11-14(15,16)17/h12H,5-11,18H2,1-4H3. The second kappa shape index (κ2) is 8.10.